The molecule has 3 heterocycles. The second-order valence-corrected chi connectivity index (χ2v) is 10.6. The largest absolute Gasteiger partial charge is 0.351 e. The van der Waals surface area contributed by atoms with Gasteiger partial charge in [-0.25, -0.2) is 0 Å². The summed E-state index contributed by atoms with van der Waals surface area (Å²) < 4.78 is 2.38. The van der Waals surface area contributed by atoms with E-state index >= 15 is 0 Å². The molecule has 2 aromatic heterocycles. The van der Waals surface area contributed by atoms with E-state index in [9.17, 15) is 0 Å². The van der Waals surface area contributed by atoms with Gasteiger partial charge in [0.15, 0.2) is 5.11 Å². The number of hydrogen-bond donors (Lipinski definition) is 1. The molecule has 0 amide bonds. The molecule has 1 saturated heterocycles. The van der Waals surface area contributed by atoms with Crippen LogP contribution in [-0.4, -0.2) is 14.7 Å². The maximum absolute atomic E-state index is 5.96. The monoisotopic (exact) mass is 494 g/mol. The Labute approximate surface area is 220 Å². The SMILES string of the molecule is Cc1ccc(C)c(-n2c(C)cc([C@H]3[C@H](c4ccccn4)NC(=S)N3c3ccc(C(C)C)cc3)c2C)c1. The maximum Gasteiger partial charge on any atom is 0.174 e. The Morgan fingerprint density at radius 3 is 2.33 bits per heavy atom. The Bertz CT molecular complexity index is 1400. The van der Waals surface area contributed by atoms with E-state index in [1.54, 1.807) is 0 Å². The van der Waals surface area contributed by atoms with Crippen LogP contribution < -0.4 is 10.2 Å². The summed E-state index contributed by atoms with van der Waals surface area (Å²) in [4.78, 5) is 7.00. The molecule has 0 unspecified atom stereocenters. The summed E-state index contributed by atoms with van der Waals surface area (Å²) in [6.07, 6.45) is 1.86. The summed E-state index contributed by atoms with van der Waals surface area (Å²) in [5, 5.41) is 4.33. The van der Waals surface area contributed by atoms with Gasteiger partial charge in [-0.15, -0.1) is 0 Å². The van der Waals surface area contributed by atoms with Crippen LogP contribution in [0.25, 0.3) is 5.69 Å². The molecule has 2 aromatic carbocycles. The van der Waals surface area contributed by atoms with Crippen molar-refractivity contribution in [1.82, 2.24) is 14.9 Å². The number of nitrogens with one attached hydrogen (secondary N) is 1. The molecule has 2 atom stereocenters. The van der Waals surface area contributed by atoms with Crippen molar-refractivity contribution >= 4 is 23.0 Å². The average Bonchev–Trinajstić information content (AvgIpc) is 3.36. The van der Waals surface area contributed by atoms with Crippen molar-refractivity contribution < 1.29 is 0 Å². The number of hydrogen-bond acceptors (Lipinski definition) is 2. The van der Waals surface area contributed by atoms with Gasteiger partial charge in [0.1, 0.15) is 0 Å². The Hall–Kier alpha value is -3.44. The number of thiocarbonyl (C=S) groups is 1. The van der Waals surface area contributed by atoms with Crippen LogP contribution in [0.1, 0.15) is 71.2 Å². The van der Waals surface area contributed by atoms with Gasteiger partial charge in [0.2, 0.25) is 0 Å². The van der Waals surface area contributed by atoms with Gasteiger partial charge in [-0.05, 0) is 104 Å². The number of nitrogens with zero attached hydrogens (tertiary/aromatic N) is 3. The minimum atomic E-state index is -0.0592. The molecule has 0 aliphatic carbocycles. The highest BCUT2D eigenvalue weighted by Crippen LogP contribution is 2.44. The molecule has 1 fully saturated rings. The quantitative estimate of drug-likeness (QED) is 0.293. The van der Waals surface area contributed by atoms with Gasteiger partial charge >= 0.3 is 0 Å². The predicted octanol–water partition coefficient (Wildman–Crippen LogP) is 7.41. The van der Waals surface area contributed by atoms with Crippen LogP contribution in [0, 0.1) is 27.7 Å². The van der Waals surface area contributed by atoms with Crippen LogP contribution in [0.5, 0.6) is 0 Å². The summed E-state index contributed by atoms with van der Waals surface area (Å²) in [6.45, 7) is 13.2. The van der Waals surface area contributed by atoms with Gasteiger partial charge in [-0.1, -0.05) is 44.2 Å². The summed E-state index contributed by atoms with van der Waals surface area (Å²) in [6, 6.07) is 23.8. The van der Waals surface area contributed by atoms with Crippen LogP contribution >= 0.6 is 12.2 Å². The number of benzene rings is 2. The minimum absolute atomic E-state index is 0.0256. The van der Waals surface area contributed by atoms with Gasteiger partial charge in [-0.2, -0.15) is 0 Å². The molecule has 4 aromatic rings. The number of anilines is 1. The van der Waals surface area contributed by atoms with E-state index in [2.05, 4.69) is 111 Å². The smallest absolute Gasteiger partial charge is 0.174 e. The second-order valence-electron chi connectivity index (χ2n) is 10.2. The zero-order chi connectivity index (χ0) is 25.6. The number of aromatic nitrogens is 2. The lowest BCUT2D eigenvalue weighted by molar-refractivity contribution is 0.565. The van der Waals surface area contributed by atoms with Crippen molar-refractivity contribution in [1.29, 1.82) is 0 Å². The van der Waals surface area contributed by atoms with Crippen LogP contribution in [0.2, 0.25) is 0 Å². The number of pyridine rings is 1. The molecule has 1 N–H and O–H groups in total. The highest BCUT2D eigenvalue weighted by molar-refractivity contribution is 7.80. The van der Waals surface area contributed by atoms with Crippen molar-refractivity contribution in [3.05, 3.63) is 112 Å². The van der Waals surface area contributed by atoms with E-state index in [1.807, 2.05) is 18.3 Å². The Kier molecular flexibility index (Phi) is 6.44. The Morgan fingerprint density at radius 1 is 0.917 bits per heavy atom. The molecule has 1 aliphatic heterocycles. The predicted molar refractivity (Wildman–Crippen MR) is 153 cm³/mol. The van der Waals surface area contributed by atoms with Crippen molar-refractivity contribution in [2.45, 2.75) is 59.5 Å². The molecule has 36 heavy (non-hydrogen) atoms. The van der Waals surface area contributed by atoms with E-state index in [4.69, 9.17) is 17.2 Å². The summed E-state index contributed by atoms with van der Waals surface area (Å²) in [7, 11) is 0. The molecule has 184 valence electrons. The van der Waals surface area contributed by atoms with E-state index in [-0.39, 0.29) is 12.1 Å². The molecule has 0 bridgehead atoms. The third kappa shape index (κ3) is 4.22. The first kappa shape index (κ1) is 24.3. The normalized spacial score (nSPS) is 17.6. The lowest BCUT2D eigenvalue weighted by Crippen LogP contribution is -2.29. The average molecular weight is 495 g/mol. The van der Waals surface area contributed by atoms with E-state index in [1.165, 1.54) is 39.3 Å². The lowest BCUT2D eigenvalue weighted by Gasteiger charge is -2.28. The third-order valence-corrected chi connectivity index (χ3v) is 7.65. The molecule has 5 rings (SSSR count). The van der Waals surface area contributed by atoms with Crippen LogP contribution in [-0.2, 0) is 0 Å². The lowest BCUT2D eigenvalue weighted by atomic mass is 9.96. The Morgan fingerprint density at radius 2 is 1.67 bits per heavy atom. The minimum Gasteiger partial charge on any atom is -0.351 e. The summed E-state index contributed by atoms with van der Waals surface area (Å²) >= 11 is 5.96. The molecular weight excluding hydrogens is 460 g/mol. The van der Waals surface area contributed by atoms with Gasteiger partial charge in [0.05, 0.1) is 17.8 Å². The molecule has 0 saturated carbocycles. The van der Waals surface area contributed by atoms with E-state index < -0.39 is 0 Å². The number of aryl methyl sites for hydroxylation is 3. The van der Waals surface area contributed by atoms with Gasteiger partial charge in [-0.3, -0.25) is 4.98 Å². The highest BCUT2D eigenvalue weighted by Gasteiger charge is 2.42. The first-order valence-electron chi connectivity index (χ1n) is 12.6. The summed E-state index contributed by atoms with van der Waals surface area (Å²) in [5.41, 5.74) is 10.8. The van der Waals surface area contributed by atoms with Crippen molar-refractivity contribution in [3.8, 4) is 5.69 Å². The second kappa shape index (κ2) is 9.55. The van der Waals surface area contributed by atoms with Crippen LogP contribution in [0.3, 0.4) is 0 Å². The van der Waals surface area contributed by atoms with Crippen molar-refractivity contribution in [2.24, 2.45) is 0 Å². The highest BCUT2D eigenvalue weighted by atomic mass is 32.1. The molecule has 1 aliphatic rings. The zero-order valence-electron chi connectivity index (χ0n) is 21.9. The Balaban J connectivity index is 1.67. The van der Waals surface area contributed by atoms with E-state index in [0.29, 0.717) is 5.92 Å². The van der Waals surface area contributed by atoms with Crippen LogP contribution in [0.15, 0.2) is 72.9 Å². The van der Waals surface area contributed by atoms with E-state index in [0.717, 1.165) is 16.5 Å². The first-order chi connectivity index (χ1) is 17.3. The molecule has 0 radical (unpaired) electrons. The van der Waals surface area contributed by atoms with Gasteiger partial charge in [0, 0.05) is 29.0 Å². The molecule has 0 spiro atoms. The summed E-state index contributed by atoms with van der Waals surface area (Å²) in [5.74, 6) is 0.483. The van der Waals surface area contributed by atoms with Crippen molar-refractivity contribution in [3.63, 3.8) is 0 Å². The standard InChI is InChI=1S/C31H34N4S/c1-19(2)24-12-14-25(15-13-24)35-30(29(33-31(35)36)27-9-7-8-16-32-27)26-18-22(5)34(23(26)6)28-17-20(3)10-11-21(28)4/h7-19,29-30H,1-6H3,(H,33,36)/t29-,30-/m0/s1. The molecule has 5 heteroatoms. The van der Waals surface area contributed by atoms with Crippen molar-refractivity contribution in [2.75, 3.05) is 4.90 Å². The molecular formula is C31H34N4S. The zero-order valence-corrected chi connectivity index (χ0v) is 22.7. The van der Waals surface area contributed by atoms with Gasteiger partial charge in [0.25, 0.3) is 0 Å². The number of rotatable bonds is 5. The fraction of sp³-hybridized carbons (Fsp3) is 0.290. The van der Waals surface area contributed by atoms with Crippen LogP contribution in [0.4, 0.5) is 5.69 Å². The fourth-order valence-corrected chi connectivity index (χ4v) is 5.73. The first-order valence-corrected chi connectivity index (χ1v) is 13.0. The fourth-order valence-electron chi connectivity index (χ4n) is 5.39. The topological polar surface area (TPSA) is 33.1 Å². The van der Waals surface area contributed by atoms with Gasteiger partial charge < -0.3 is 14.8 Å². The maximum atomic E-state index is 5.96. The third-order valence-electron chi connectivity index (χ3n) is 7.33. The molecule has 4 nitrogen and oxygen atoms in total.